The van der Waals surface area contributed by atoms with Crippen molar-refractivity contribution in [3.8, 4) is 0 Å². The minimum absolute atomic E-state index is 0. The maximum Gasteiger partial charge on any atom is 0.254 e. The summed E-state index contributed by atoms with van der Waals surface area (Å²) in [4.78, 5) is 14.8. The largest absolute Gasteiger partial charge is 0.329 e. The molecule has 0 spiro atoms. The van der Waals surface area contributed by atoms with Crippen LogP contribution in [0.15, 0.2) is 53.4 Å². The van der Waals surface area contributed by atoms with E-state index in [4.69, 9.17) is 0 Å². The Balaban J connectivity index is 0.00000280. The molecule has 0 saturated carbocycles. The predicted octanol–water partition coefficient (Wildman–Crippen LogP) is 2.28. The summed E-state index contributed by atoms with van der Waals surface area (Å²) in [5.41, 5.74) is 0.994. The van der Waals surface area contributed by atoms with Gasteiger partial charge in [-0.2, -0.15) is 0 Å². The fraction of sp³-hybridized carbons (Fsp3) is 0.316. The molecule has 6 nitrogen and oxygen atoms in total. The quantitative estimate of drug-likeness (QED) is 0.812. The highest BCUT2D eigenvalue weighted by Crippen LogP contribution is 2.25. The fourth-order valence-corrected chi connectivity index (χ4v) is 4.07. The smallest absolute Gasteiger partial charge is 0.254 e. The number of nitrogens with zero attached hydrogens (tertiary/aromatic N) is 2. The first-order chi connectivity index (χ1) is 12.8. The Labute approximate surface area is 170 Å². The lowest BCUT2D eigenvalue weighted by Crippen LogP contribution is -2.48. The van der Waals surface area contributed by atoms with E-state index in [1.165, 1.54) is 38.4 Å². The molecule has 0 bridgehead atoms. The monoisotopic (exact) mass is 427 g/mol. The van der Waals surface area contributed by atoms with Gasteiger partial charge < -0.3 is 10.2 Å². The van der Waals surface area contributed by atoms with Crippen LogP contribution in [-0.2, 0) is 10.0 Å². The van der Waals surface area contributed by atoms with Crippen LogP contribution in [0.4, 0.5) is 4.39 Å². The van der Waals surface area contributed by atoms with E-state index in [2.05, 4.69) is 5.32 Å². The second kappa shape index (κ2) is 9.00. The molecular formula is C19H23ClFN3O3S. The standard InChI is InChI=1S/C19H22FN3O3S.ClH/c1-22(2)27(25,26)17-8-4-6-15(12-17)19(24)23-10-9-21-13-18(23)14-5-3-7-16(20)11-14;/h3-8,11-12,18,21H,9-10,13H2,1-2H3;1H. The number of piperazine rings is 1. The molecule has 0 radical (unpaired) electrons. The molecule has 2 aromatic rings. The van der Waals surface area contributed by atoms with Crippen LogP contribution in [0.25, 0.3) is 0 Å². The number of benzene rings is 2. The van der Waals surface area contributed by atoms with E-state index in [1.807, 2.05) is 0 Å². The van der Waals surface area contributed by atoms with E-state index in [9.17, 15) is 17.6 Å². The van der Waals surface area contributed by atoms with Crippen LogP contribution in [0.2, 0.25) is 0 Å². The lowest BCUT2D eigenvalue weighted by molar-refractivity contribution is 0.0633. The van der Waals surface area contributed by atoms with Crippen LogP contribution < -0.4 is 5.32 Å². The first-order valence-electron chi connectivity index (χ1n) is 8.60. The van der Waals surface area contributed by atoms with Gasteiger partial charge in [0.2, 0.25) is 10.0 Å². The molecule has 1 aliphatic rings. The molecule has 1 aliphatic heterocycles. The van der Waals surface area contributed by atoms with Crippen molar-refractivity contribution in [3.63, 3.8) is 0 Å². The molecular weight excluding hydrogens is 405 g/mol. The maximum absolute atomic E-state index is 13.6. The molecule has 2 aromatic carbocycles. The lowest BCUT2D eigenvalue weighted by Gasteiger charge is -2.36. The predicted molar refractivity (Wildman–Crippen MR) is 108 cm³/mol. The van der Waals surface area contributed by atoms with E-state index in [1.54, 1.807) is 29.2 Å². The van der Waals surface area contributed by atoms with Gasteiger partial charge in [0.1, 0.15) is 5.82 Å². The number of hydrogen-bond acceptors (Lipinski definition) is 4. The zero-order valence-electron chi connectivity index (χ0n) is 15.6. The fourth-order valence-electron chi connectivity index (χ4n) is 3.13. The van der Waals surface area contributed by atoms with Gasteiger partial charge in [0.15, 0.2) is 0 Å². The van der Waals surface area contributed by atoms with Crippen molar-refractivity contribution in [2.24, 2.45) is 0 Å². The van der Waals surface area contributed by atoms with Gasteiger partial charge >= 0.3 is 0 Å². The van der Waals surface area contributed by atoms with Crippen molar-refractivity contribution in [2.45, 2.75) is 10.9 Å². The van der Waals surface area contributed by atoms with E-state index in [0.29, 0.717) is 30.8 Å². The van der Waals surface area contributed by atoms with Gasteiger partial charge in [0, 0.05) is 39.3 Å². The minimum atomic E-state index is -3.63. The van der Waals surface area contributed by atoms with Crippen molar-refractivity contribution < 1.29 is 17.6 Å². The molecule has 0 aromatic heterocycles. The third-order valence-electron chi connectivity index (χ3n) is 4.60. The molecule has 1 unspecified atom stereocenters. The van der Waals surface area contributed by atoms with Gasteiger partial charge in [-0.25, -0.2) is 17.1 Å². The van der Waals surface area contributed by atoms with Crippen molar-refractivity contribution in [1.29, 1.82) is 0 Å². The van der Waals surface area contributed by atoms with Gasteiger partial charge in [-0.1, -0.05) is 18.2 Å². The molecule has 1 atom stereocenters. The number of rotatable bonds is 4. The highest BCUT2D eigenvalue weighted by molar-refractivity contribution is 7.89. The molecule has 152 valence electrons. The average Bonchev–Trinajstić information content (AvgIpc) is 2.67. The first-order valence-corrected chi connectivity index (χ1v) is 10.0. The number of halogens is 2. The van der Waals surface area contributed by atoms with Gasteiger partial charge in [-0.3, -0.25) is 4.79 Å². The first kappa shape index (κ1) is 22.3. The molecule has 9 heteroatoms. The Morgan fingerprint density at radius 1 is 1.18 bits per heavy atom. The molecule has 1 amide bonds. The van der Waals surface area contributed by atoms with Crippen LogP contribution >= 0.6 is 12.4 Å². The highest BCUT2D eigenvalue weighted by atomic mass is 35.5. The summed E-state index contributed by atoms with van der Waals surface area (Å²) in [6.45, 7) is 1.57. The van der Waals surface area contributed by atoms with Crippen LogP contribution in [-0.4, -0.2) is 57.3 Å². The van der Waals surface area contributed by atoms with Crippen molar-refractivity contribution in [3.05, 3.63) is 65.5 Å². The Morgan fingerprint density at radius 2 is 1.89 bits per heavy atom. The summed E-state index contributed by atoms with van der Waals surface area (Å²) in [5.74, 6) is -0.633. The Kier molecular flexibility index (Phi) is 7.16. The SMILES string of the molecule is CN(C)S(=O)(=O)c1cccc(C(=O)N2CCNCC2c2cccc(F)c2)c1.Cl. The third-order valence-corrected chi connectivity index (χ3v) is 6.41. The number of amides is 1. The van der Waals surface area contributed by atoms with Crippen LogP contribution in [0.1, 0.15) is 22.0 Å². The Hall–Kier alpha value is -2.00. The number of hydrogen-bond donors (Lipinski definition) is 1. The number of nitrogens with one attached hydrogen (secondary N) is 1. The van der Waals surface area contributed by atoms with E-state index in [-0.39, 0.29) is 35.1 Å². The van der Waals surface area contributed by atoms with Crippen LogP contribution in [0.5, 0.6) is 0 Å². The van der Waals surface area contributed by atoms with Crippen molar-refractivity contribution in [1.82, 2.24) is 14.5 Å². The summed E-state index contributed by atoms with van der Waals surface area (Å²) >= 11 is 0. The van der Waals surface area contributed by atoms with E-state index >= 15 is 0 Å². The van der Waals surface area contributed by atoms with Gasteiger partial charge in [-0.15, -0.1) is 12.4 Å². The van der Waals surface area contributed by atoms with E-state index in [0.717, 1.165) is 4.31 Å². The topological polar surface area (TPSA) is 69.7 Å². The summed E-state index contributed by atoms with van der Waals surface area (Å²) in [6, 6.07) is 11.9. The summed E-state index contributed by atoms with van der Waals surface area (Å²) in [5, 5.41) is 3.22. The van der Waals surface area contributed by atoms with Crippen LogP contribution in [0.3, 0.4) is 0 Å². The maximum atomic E-state index is 13.6. The average molecular weight is 428 g/mol. The second-order valence-electron chi connectivity index (χ2n) is 6.59. The van der Waals surface area contributed by atoms with Gasteiger partial charge in [0.25, 0.3) is 5.91 Å². The third kappa shape index (κ3) is 4.52. The van der Waals surface area contributed by atoms with E-state index < -0.39 is 10.0 Å². The molecule has 1 heterocycles. The van der Waals surface area contributed by atoms with Crippen molar-refractivity contribution in [2.75, 3.05) is 33.7 Å². The molecule has 1 fully saturated rings. The van der Waals surface area contributed by atoms with Crippen LogP contribution in [0, 0.1) is 5.82 Å². The number of sulfonamides is 1. The van der Waals surface area contributed by atoms with Crippen molar-refractivity contribution >= 4 is 28.3 Å². The minimum Gasteiger partial charge on any atom is -0.329 e. The molecule has 28 heavy (non-hydrogen) atoms. The zero-order chi connectivity index (χ0) is 19.6. The lowest BCUT2D eigenvalue weighted by atomic mass is 10.0. The normalized spacial score (nSPS) is 17.3. The van der Waals surface area contributed by atoms with Gasteiger partial charge in [-0.05, 0) is 35.9 Å². The Morgan fingerprint density at radius 3 is 2.57 bits per heavy atom. The second-order valence-corrected chi connectivity index (χ2v) is 8.74. The zero-order valence-corrected chi connectivity index (χ0v) is 17.3. The highest BCUT2D eigenvalue weighted by Gasteiger charge is 2.29. The summed E-state index contributed by atoms with van der Waals surface area (Å²) < 4.78 is 39.5. The molecule has 1 saturated heterocycles. The molecule has 1 N–H and O–H groups in total. The Bertz CT molecular complexity index is 953. The summed E-state index contributed by atoms with van der Waals surface area (Å²) in [7, 11) is -0.745. The number of carbonyl (C=O) groups is 1. The van der Waals surface area contributed by atoms with Gasteiger partial charge in [0.05, 0.1) is 10.9 Å². The number of carbonyl (C=O) groups excluding carboxylic acids is 1. The molecule has 3 rings (SSSR count). The molecule has 0 aliphatic carbocycles. The summed E-state index contributed by atoms with van der Waals surface area (Å²) in [6.07, 6.45) is 0.